The molecule has 0 atom stereocenters. The SMILES string of the molecule is CCC(CC)(NC(=O)OCC1c2ccccc2-c2ccccc21)C(=O)N1CCN(CC(=O)O)CC1. The summed E-state index contributed by atoms with van der Waals surface area (Å²) < 4.78 is 5.70. The van der Waals surface area contributed by atoms with Crippen LogP contribution in [0, 0.1) is 0 Å². The number of carboxylic acid groups (broad SMARTS) is 1. The van der Waals surface area contributed by atoms with Gasteiger partial charge in [0.15, 0.2) is 0 Å². The number of carbonyl (C=O) groups excluding carboxylic acids is 2. The highest BCUT2D eigenvalue weighted by Crippen LogP contribution is 2.44. The van der Waals surface area contributed by atoms with Gasteiger partial charge in [0.05, 0.1) is 6.54 Å². The monoisotopic (exact) mass is 479 g/mol. The summed E-state index contributed by atoms with van der Waals surface area (Å²) in [5, 5.41) is 11.9. The van der Waals surface area contributed by atoms with Gasteiger partial charge >= 0.3 is 12.1 Å². The second kappa shape index (κ2) is 10.5. The van der Waals surface area contributed by atoms with Crippen molar-refractivity contribution >= 4 is 18.0 Å². The Bertz CT molecular complexity index is 1040. The fraction of sp³-hybridized carbons (Fsp3) is 0.444. The van der Waals surface area contributed by atoms with E-state index in [1.54, 1.807) is 4.90 Å². The van der Waals surface area contributed by atoms with E-state index in [0.29, 0.717) is 39.0 Å². The molecular formula is C27H33N3O5. The number of aliphatic carboxylic acids is 1. The van der Waals surface area contributed by atoms with Crippen molar-refractivity contribution in [3.05, 3.63) is 59.7 Å². The standard InChI is InChI=1S/C27H33N3O5/c1-3-27(4-2,25(33)30-15-13-29(14-16-30)17-24(31)32)28-26(34)35-18-23-21-11-7-5-9-19(21)20-10-6-8-12-22(20)23/h5-12,23H,3-4,13-18H2,1-2H3,(H,28,34)(H,31,32). The van der Waals surface area contributed by atoms with Gasteiger partial charge in [-0.2, -0.15) is 0 Å². The van der Waals surface area contributed by atoms with Crippen molar-refractivity contribution in [1.82, 2.24) is 15.1 Å². The van der Waals surface area contributed by atoms with Crippen LogP contribution in [-0.4, -0.2) is 77.7 Å². The van der Waals surface area contributed by atoms with Crippen LogP contribution in [0.2, 0.25) is 0 Å². The Labute approximate surface area is 205 Å². The average Bonchev–Trinajstić information content (AvgIpc) is 3.19. The van der Waals surface area contributed by atoms with E-state index in [1.165, 1.54) is 0 Å². The highest BCUT2D eigenvalue weighted by atomic mass is 16.5. The van der Waals surface area contributed by atoms with Crippen LogP contribution in [0.4, 0.5) is 4.79 Å². The minimum absolute atomic E-state index is 0.0350. The molecule has 2 aromatic carbocycles. The van der Waals surface area contributed by atoms with E-state index in [-0.39, 0.29) is 25.0 Å². The van der Waals surface area contributed by atoms with Crippen LogP contribution in [0.25, 0.3) is 11.1 Å². The molecular weight excluding hydrogens is 446 g/mol. The molecule has 1 fully saturated rings. The predicted molar refractivity (Wildman–Crippen MR) is 132 cm³/mol. The summed E-state index contributed by atoms with van der Waals surface area (Å²) in [4.78, 5) is 40.9. The lowest BCUT2D eigenvalue weighted by molar-refractivity contribution is -0.142. The molecule has 2 amide bonds. The number of rotatable bonds is 8. The average molecular weight is 480 g/mol. The third-order valence-electron chi connectivity index (χ3n) is 7.32. The maximum atomic E-state index is 13.5. The van der Waals surface area contributed by atoms with Gasteiger partial charge in [-0.3, -0.25) is 14.5 Å². The van der Waals surface area contributed by atoms with Crippen LogP contribution in [-0.2, 0) is 14.3 Å². The first kappa shape index (κ1) is 24.7. The van der Waals surface area contributed by atoms with Gasteiger partial charge in [0.2, 0.25) is 5.91 Å². The molecule has 1 heterocycles. The van der Waals surface area contributed by atoms with E-state index in [1.807, 2.05) is 43.0 Å². The molecule has 2 aliphatic rings. The van der Waals surface area contributed by atoms with Gasteiger partial charge in [-0.05, 0) is 35.1 Å². The minimum Gasteiger partial charge on any atom is -0.480 e. The molecule has 0 unspecified atom stereocenters. The van der Waals surface area contributed by atoms with Gasteiger partial charge < -0.3 is 20.1 Å². The quantitative estimate of drug-likeness (QED) is 0.603. The number of piperazine rings is 1. The van der Waals surface area contributed by atoms with Crippen molar-refractivity contribution in [3.63, 3.8) is 0 Å². The normalized spacial score (nSPS) is 15.9. The number of hydrogen-bond acceptors (Lipinski definition) is 5. The first-order chi connectivity index (χ1) is 16.9. The molecule has 8 nitrogen and oxygen atoms in total. The Morgan fingerprint density at radius 1 is 0.943 bits per heavy atom. The van der Waals surface area contributed by atoms with E-state index in [0.717, 1.165) is 22.3 Å². The largest absolute Gasteiger partial charge is 0.480 e. The number of hydrogen-bond donors (Lipinski definition) is 2. The summed E-state index contributed by atoms with van der Waals surface area (Å²) in [6, 6.07) is 16.3. The Morgan fingerprint density at radius 2 is 1.49 bits per heavy atom. The molecule has 0 bridgehead atoms. The fourth-order valence-electron chi connectivity index (χ4n) is 5.22. The van der Waals surface area contributed by atoms with Crippen LogP contribution in [0.15, 0.2) is 48.5 Å². The molecule has 2 aromatic rings. The topological polar surface area (TPSA) is 99.2 Å². The highest BCUT2D eigenvalue weighted by Gasteiger charge is 2.41. The Morgan fingerprint density at radius 3 is 2.00 bits per heavy atom. The summed E-state index contributed by atoms with van der Waals surface area (Å²) in [7, 11) is 0. The molecule has 1 saturated heterocycles. The van der Waals surface area contributed by atoms with Crippen LogP contribution in [0.1, 0.15) is 43.7 Å². The van der Waals surface area contributed by atoms with E-state index >= 15 is 0 Å². The number of alkyl carbamates (subject to hydrolysis) is 1. The first-order valence-corrected chi connectivity index (χ1v) is 12.2. The lowest BCUT2D eigenvalue weighted by atomic mass is 9.90. The number of fused-ring (bicyclic) bond motifs is 3. The van der Waals surface area contributed by atoms with E-state index < -0.39 is 17.6 Å². The smallest absolute Gasteiger partial charge is 0.408 e. The highest BCUT2D eigenvalue weighted by molar-refractivity contribution is 5.90. The number of ether oxygens (including phenoxy) is 1. The van der Waals surface area contributed by atoms with Crippen molar-refractivity contribution in [2.45, 2.75) is 38.1 Å². The maximum absolute atomic E-state index is 13.5. The number of carboxylic acids is 1. The zero-order chi connectivity index (χ0) is 25.0. The van der Waals surface area contributed by atoms with Crippen molar-refractivity contribution < 1.29 is 24.2 Å². The molecule has 1 aliphatic heterocycles. The molecule has 0 radical (unpaired) electrons. The number of carbonyl (C=O) groups is 3. The van der Waals surface area contributed by atoms with Crippen molar-refractivity contribution in [2.75, 3.05) is 39.3 Å². The van der Waals surface area contributed by atoms with Crippen molar-refractivity contribution in [2.24, 2.45) is 0 Å². The maximum Gasteiger partial charge on any atom is 0.408 e. The molecule has 0 aromatic heterocycles. The zero-order valence-electron chi connectivity index (χ0n) is 20.3. The summed E-state index contributed by atoms with van der Waals surface area (Å²) in [5.41, 5.74) is 3.53. The summed E-state index contributed by atoms with van der Waals surface area (Å²) in [6.07, 6.45) is 0.262. The minimum atomic E-state index is -1.06. The number of amides is 2. The zero-order valence-corrected chi connectivity index (χ0v) is 20.3. The number of nitrogens with zero attached hydrogens (tertiary/aromatic N) is 2. The molecule has 8 heteroatoms. The van der Waals surface area contributed by atoms with E-state index in [2.05, 4.69) is 29.6 Å². The molecule has 0 spiro atoms. The summed E-state index contributed by atoms with van der Waals surface area (Å²) in [6.45, 7) is 5.76. The van der Waals surface area contributed by atoms with Gasteiger partial charge in [0.1, 0.15) is 12.1 Å². The number of nitrogens with one attached hydrogen (secondary N) is 1. The molecule has 1 aliphatic carbocycles. The van der Waals surface area contributed by atoms with Gasteiger partial charge in [-0.15, -0.1) is 0 Å². The third-order valence-corrected chi connectivity index (χ3v) is 7.32. The first-order valence-electron chi connectivity index (χ1n) is 12.2. The van der Waals surface area contributed by atoms with Crippen LogP contribution >= 0.6 is 0 Å². The Kier molecular flexibility index (Phi) is 7.40. The Balaban J connectivity index is 1.40. The Hall–Kier alpha value is -3.39. The van der Waals surface area contributed by atoms with Crippen LogP contribution in [0.3, 0.4) is 0 Å². The molecule has 186 valence electrons. The summed E-state index contributed by atoms with van der Waals surface area (Å²) >= 11 is 0. The van der Waals surface area contributed by atoms with Crippen LogP contribution < -0.4 is 5.32 Å². The molecule has 2 N–H and O–H groups in total. The van der Waals surface area contributed by atoms with Crippen molar-refractivity contribution in [1.29, 1.82) is 0 Å². The predicted octanol–water partition coefficient (Wildman–Crippen LogP) is 3.31. The van der Waals surface area contributed by atoms with Gasteiger partial charge in [-0.25, -0.2) is 4.79 Å². The second-order valence-electron chi connectivity index (χ2n) is 9.20. The van der Waals surface area contributed by atoms with Gasteiger partial charge in [0, 0.05) is 32.1 Å². The molecule has 35 heavy (non-hydrogen) atoms. The summed E-state index contributed by atoms with van der Waals surface area (Å²) in [5.74, 6) is -1.08. The lowest BCUT2D eigenvalue weighted by Gasteiger charge is -2.40. The third kappa shape index (κ3) is 5.03. The fourth-order valence-corrected chi connectivity index (χ4v) is 5.22. The second-order valence-corrected chi connectivity index (χ2v) is 9.20. The van der Waals surface area contributed by atoms with Crippen LogP contribution in [0.5, 0.6) is 0 Å². The van der Waals surface area contributed by atoms with Crippen molar-refractivity contribution in [3.8, 4) is 11.1 Å². The number of benzene rings is 2. The van der Waals surface area contributed by atoms with Gasteiger partial charge in [-0.1, -0.05) is 62.4 Å². The van der Waals surface area contributed by atoms with E-state index in [4.69, 9.17) is 9.84 Å². The molecule has 0 saturated carbocycles. The van der Waals surface area contributed by atoms with Gasteiger partial charge in [0.25, 0.3) is 0 Å². The van der Waals surface area contributed by atoms with E-state index in [9.17, 15) is 14.4 Å². The lowest BCUT2D eigenvalue weighted by Crippen LogP contribution is -2.62. The molecule has 4 rings (SSSR count).